The number of hydrogen-bond acceptors (Lipinski definition) is 4. The first-order valence-corrected chi connectivity index (χ1v) is 7.67. The van der Waals surface area contributed by atoms with Gasteiger partial charge in [0.15, 0.2) is 0 Å². The standard InChI is InChI=1S/C15H31N3O2/c1-5-7-15(8-6-9-16-11-15)13(19)17-10-14(2,20)12-18(3)4/h16,20H,5-12H2,1-4H3,(H,17,19). The fourth-order valence-electron chi connectivity index (χ4n) is 3.16. The molecule has 1 fully saturated rings. The highest BCUT2D eigenvalue weighted by molar-refractivity contribution is 5.83. The van der Waals surface area contributed by atoms with Gasteiger partial charge >= 0.3 is 0 Å². The summed E-state index contributed by atoms with van der Waals surface area (Å²) in [6, 6.07) is 0. The second-order valence-corrected chi connectivity index (χ2v) is 6.73. The molecule has 0 bridgehead atoms. The average Bonchev–Trinajstić information content (AvgIpc) is 2.36. The fraction of sp³-hybridized carbons (Fsp3) is 0.933. The molecule has 1 heterocycles. The molecule has 1 saturated heterocycles. The van der Waals surface area contributed by atoms with Gasteiger partial charge in [-0.15, -0.1) is 0 Å². The van der Waals surface area contributed by atoms with Crippen LogP contribution in [0.3, 0.4) is 0 Å². The lowest BCUT2D eigenvalue weighted by Gasteiger charge is -2.37. The Morgan fingerprint density at radius 3 is 2.70 bits per heavy atom. The smallest absolute Gasteiger partial charge is 0.227 e. The van der Waals surface area contributed by atoms with Gasteiger partial charge < -0.3 is 20.6 Å². The van der Waals surface area contributed by atoms with Crippen LogP contribution in [-0.2, 0) is 4.79 Å². The van der Waals surface area contributed by atoms with E-state index in [1.807, 2.05) is 19.0 Å². The lowest BCUT2D eigenvalue weighted by Crippen LogP contribution is -2.54. The van der Waals surface area contributed by atoms with E-state index in [1.165, 1.54) is 0 Å². The maximum absolute atomic E-state index is 12.6. The van der Waals surface area contributed by atoms with Crippen molar-refractivity contribution in [2.24, 2.45) is 5.41 Å². The Bertz CT molecular complexity index is 305. The van der Waals surface area contributed by atoms with Crippen LogP contribution in [0, 0.1) is 5.41 Å². The summed E-state index contributed by atoms with van der Waals surface area (Å²) in [5.41, 5.74) is -1.18. The second-order valence-electron chi connectivity index (χ2n) is 6.73. The third-order valence-electron chi connectivity index (χ3n) is 3.97. The third-order valence-corrected chi connectivity index (χ3v) is 3.97. The van der Waals surface area contributed by atoms with E-state index in [2.05, 4.69) is 17.6 Å². The number of hydrogen-bond donors (Lipinski definition) is 3. The van der Waals surface area contributed by atoms with Crippen molar-refractivity contribution >= 4 is 5.91 Å². The minimum Gasteiger partial charge on any atom is -0.387 e. The Hall–Kier alpha value is -0.650. The quantitative estimate of drug-likeness (QED) is 0.640. The van der Waals surface area contributed by atoms with E-state index < -0.39 is 5.60 Å². The summed E-state index contributed by atoms with van der Waals surface area (Å²) in [5, 5.41) is 16.6. The van der Waals surface area contributed by atoms with E-state index in [0.717, 1.165) is 38.8 Å². The van der Waals surface area contributed by atoms with Crippen molar-refractivity contribution in [1.29, 1.82) is 0 Å². The molecule has 0 spiro atoms. The van der Waals surface area contributed by atoms with E-state index in [9.17, 15) is 9.90 Å². The molecule has 2 atom stereocenters. The molecule has 2 unspecified atom stereocenters. The van der Waals surface area contributed by atoms with Gasteiger partial charge in [-0.05, 0) is 46.8 Å². The van der Waals surface area contributed by atoms with E-state index in [4.69, 9.17) is 0 Å². The Labute approximate surface area is 123 Å². The Kier molecular flexibility index (Phi) is 6.43. The lowest BCUT2D eigenvalue weighted by atomic mass is 9.76. The molecule has 1 amide bonds. The van der Waals surface area contributed by atoms with Gasteiger partial charge in [0.05, 0.1) is 11.0 Å². The molecule has 5 nitrogen and oxygen atoms in total. The normalized spacial score (nSPS) is 26.3. The number of nitrogens with one attached hydrogen (secondary N) is 2. The molecule has 5 heteroatoms. The molecular weight excluding hydrogens is 254 g/mol. The third kappa shape index (κ3) is 5.04. The number of amides is 1. The molecule has 1 aliphatic heterocycles. The minimum absolute atomic E-state index is 0.0885. The number of piperidine rings is 1. The molecule has 3 N–H and O–H groups in total. The zero-order valence-corrected chi connectivity index (χ0v) is 13.5. The summed E-state index contributed by atoms with van der Waals surface area (Å²) in [6.45, 7) is 6.46. The highest BCUT2D eigenvalue weighted by Gasteiger charge is 2.39. The maximum Gasteiger partial charge on any atom is 0.227 e. The van der Waals surface area contributed by atoms with Crippen LogP contribution in [0.25, 0.3) is 0 Å². The molecule has 20 heavy (non-hydrogen) atoms. The molecule has 0 aliphatic carbocycles. The number of rotatable bonds is 7. The highest BCUT2D eigenvalue weighted by Crippen LogP contribution is 2.31. The van der Waals surface area contributed by atoms with Crippen molar-refractivity contribution in [3.8, 4) is 0 Å². The van der Waals surface area contributed by atoms with Gasteiger partial charge in [0.1, 0.15) is 0 Å². The zero-order chi connectivity index (χ0) is 15.2. The molecule has 1 rings (SSSR count). The van der Waals surface area contributed by atoms with Crippen LogP contribution in [0.2, 0.25) is 0 Å². The summed E-state index contributed by atoms with van der Waals surface area (Å²) >= 11 is 0. The Morgan fingerprint density at radius 2 is 2.20 bits per heavy atom. The SMILES string of the molecule is CCCC1(C(=O)NCC(C)(O)CN(C)C)CCCNC1. The largest absolute Gasteiger partial charge is 0.387 e. The first-order chi connectivity index (χ1) is 9.31. The summed E-state index contributed by atoms with van der Waals surface area (Å²) in [7, 11) is 3.83. The molecule has 0 radical (unpaired) electrons. The first kappa shape index (κ1) is 17.4. The summed E-state index contributed by atoms with van der Waals surface area (Å²) in [5.74, 6) is 0.0885. The Morgan fingerprint density at radius 1 is 1.50 bits per heavy atom. The van der Waals surface area contributed by atoms with Crippen LogP contribution >= 0.6 is 0 Å². The lowest BCUT2D eigenvalue weighted by molar-refractivity contribution is -0.134. The van der Waals surface area contributed by atoms with Crippen molar-refractivity contribution in [3.63, 3.8) is 0 Å². The summed E-state index contributed by atoms with van der Waals surface area (Å²) in [6.07, 6.45) is 3.89. The van der Waals surface area contributed by atoms with Gasteiger partial charge in [0.25, 0.3) is 0 Å². The molecule has 0 aromatic heterocycles. The van der Waals surface area contributed by atoms with E-state index in [0.29, 0.717) is 13.1 Å². The summed E-state index contributed by atoms with van der Waals surface area (Å²) in [4.78, 5) is 14.5. The molecular formula is C15H31N3O2. The van der Waals surface area contributed by atoms with Gasteiger partial charge in [-0.25, -0.2) is 0 Å². The van der Waals surface area contributed by atoms with Crippen molar-refractivity contribution in [2.45, 2.75) is 45.1 Å². The first-order valence-electron chi connectivity index (χ1n) is 7.67. The van der Waals surface area contributed by atoms with Crippen molar-refractivity contribution < 1.29 is 9.90 Å². The number of nitrogens with zero attached hydrogens (tertiary/aromatic N) is 1. The van der Waals surface area contributed by atoms with Crippen LogP contribution in [-0.4, -0.2) is 61.8 Å². The maximum atomic E-state index is 12.6. The van der Waals surface area contributed by atoms with Crippen molar-refractivity contribution in [1.82, 2.24) is 15.5 Å². The van der Waals surface area contributed by atoms with Crippen LogP contribution in [0.15, 0.2) is 0 Å². The number of aliphatic hydroxyl groups is 1. The van der Waals surface area contributed by atoms with E-state index in [1.54, 1.807) is 6.92 Å². The van der Waals surface area contributed by atoms with Crippen molar-refractivity contribution in [3.05, 3.63) is 0 Å². The van der Waals surface area contributed by atoms with Crippen LogP contribution < -0.4 is 10.6 Å². The number of likely N-dealkylation sites (N-methyl/N-ethyl adjacent to an activating group) is 1. The van der Waals surface area contributed by atoms with Gasteiger partial charge in [-0.2, -0.15) is 0 Å². The monoisotopic (exact) mass is 285 g/mol. The van der Waals surface area contributed by atoms with Gasteiger partial charge in [0, 0.05) is 19.6 Å². The topological polar surface area (TPSA) is 64.6 Å². The number of carbonyl (C=O) groups is 1. The fourth-order valence-corrected chi connectivity index (χ4v) is 3.16. The molecule has 0 saturated carbocycles. The zero-order valence-electron chi connectivity index (χ0n) is 13.5. The predicted molar refractivity (Wildman–Crippen MR) is 81.6 cm³/mol. The van der Waals surface area contributed by atoms with Crippen LogP contribution in [0.5, 0.6) is 0 Å². The molecule has 0 aromatic rings. The number of carbonyl (C=O) groups excluding carboxylic acids is 1. The van der Waals surface area contributed by atoms with Crippen LogP contribution in [0.4, 0.5) is 0 Å². The van der Waals surface area contributed by atoms with Gasteiger partial charge in [-0.1, -0.05) is 13.3 Å². The minimum atomic E-state index is -0.894. The molecule has 1 aliphatic rings. The van der Waals surface area contributed by atoms with Crippen LogP contribution in [0.1, 0.15) is 39.5 Å². The van der Waals surface area contributed by atoms with Gasteiger partial charge in [0.2, 0.25) is 5.91 Å². The highest BCUT2D eigenvalue weighted by atomic mass is 16.3. The predicted octanol–water partition coefficient (Wildman–Crippen LogP) is 0.585. The average molecular weight is 285 g/mol. The molecule has 0 aromatic carbocycles. The van der Waals surface area contributed by atoms with Gasteiger partial charge in [-0.3, -0.25) is 4.79 Å². The van der Waals surface area contributed by atoms with E-state index >= 15 is 0 Å². The Balaban J connectivity index is 2.58. The van der Waals surface area contributed by atoms with Crippen molar-refractivity contribution in [2.75, 3.05) is 40.3 Å². The molecule has 118 valence electrons. The van der Waals surface area contributed by atoms with E-state index in [-0.39, 0.29) is 11.3 Å². The summed E-state index contributed by atoms with van der Waals surface area (Å²) < 4.78 is 0. The second kappa shape index (κ2) is 7.38.